The lowest BCUT2D eigenvalue weighted by molar-refractivity contribution is 0.102. The van der Waals surface area contributed by atoms with Crippen LogP contribution in [-0.2, 0) is 0 Å². The van der Waals surface area contributed by atoms with Gasteiger partial charge in [0.15, 0.2) is 0 Å². The first-order valence-corrected chi connectivity index (χ1v) is 9.10. The molecule has 3 rings (SSSR count). The number of anilines is 2. The van der Waals surface area contributed by atoms with E-state index >= 15 is 0 Å². The molecular formula is C17H16Cl2N2OS. The van der Waals surface area contributed by atoms with Crippen molar-refractivity contribution in [1.82, 2.24) is 0 Å². The summed E-state index contributed by atoms with van der Waals surface area (Å²) < 4.78 is 2.20. The zero-order valence-corrected chi connectivity index (χ0v) is 14.7. The van der Waals surface area contributed by atoms with E-state index in [1.165, 1.54) is 6.42 Å². The molecule has 1 aliphatic heterocycles. The van der Waals surface area contributed by atoms with E-state index in [2.05, 4.69) is 9.62 Å². The molecule has 6 heteroatoms. The number of carbonyl (C=O) groups is 1. The average molecular weight is 367 g/mol. The Bertz CT molecular complexity index is 717. The summed E-state index contributed by atoms with van der Waals surface area (Å²) in [5.41, 5.74) is 2.17. The maximum Gasteiger partial charge on any atom is 0.255 e. The Hall–Kier alpha value is -1.36. The predicted molar refractivity (Wildman–Crippen MR) is 99.9 cm³/mol. The summed E-state index contributed by atoms with van der Waals surface area (Å²) in [6.07, 6.45) is 2.38. The zero-order chi connectivity index (χ0) is 16.2. The van der Waals surface area contributed by atoms with Gasteiger partial charge in [0, 0.05) is 39.3 Å². The molecule has 1 amide bonds. The summed E-state index contributed by atoms with van der Waals surface area (Å²) >= 11 is 13.9. The Morgan fingerprint density at radius 1 is 1.09 bits per heavy atom. The molecule has 1 saturated heterocycles. The van der Waals surface area contributed by atoms with Crippen LogP contribution in [0.25, 0.3) is 0 Å². The lowest BCUT2D eigenvalue weighted by atomic mass is 10.1. The van der Waals surface area contributed by atoms with Crippen LogP contribution in [-0.4, -0.2) is 18.2 Å². The molecule has 1 N–H and O–H groups in total. The topological polar surface area (TPSA) is 32.3 Å². The number of benzene rings is 2. The quantitative estimate of drug-likeness (QED) is 0.728. The van der Waals surface area contributed by atoms with E-state index in [0.717, 1.165) is 24.4 Å². The van der Waals surface area contributed by atoms with E-state index in [9.17, 15) is 4.79 Å². The number of amides is 1. The van der Waals surface area contributed by atoms with Gasteiger partial charge in [-0.15, -0.1) is 0 Å². The fourth-order valence-electron chi connectivity index (χ4n) is 2.42. The Morgan fingerprint density at radius 3 is 2.70 bits per heavy atom. The molecule has 1 heterocycles. The van der Waals surface area contributed by atoms with Crippen molar-refractivity contribution in [3.63, 3.8) is 0 Å². The molecular weight excluding hydrogens is 351 g/mol. The summed E-state index contributed by atoms with van der Waals surface area (Å²) in [5.74, 6) is 0.898. The summed E-state index contributed by atoms with van der Waals surface area (Å²) in [4.78, 5) is 12.5. The SMILES string of the molecule is O=C(Nc1cccc(Cl)c1)c1cc(Cl)cc(N2CCCCS2)c1. The van der Waals surface area contributed by atoms with Crippen molar-refractivity contribution in [2.24, 2.45) is 0 Å². The van der Waals surface area contributed by atoms with Gasteiger partial charge in [0.05, 0.1) is 0 Å². The first-order chi connectivity index (χ1) is 11.1. The predicted octanol–water partition coefficient (Wildman–Crippen LogP) is 5.49. The van der Waals surface area contributed by atoms with Gasteiger partial charge in [0.25, 0.3) is 5.91 Å². The summed E-state index contributed by atoms with van der Waals surface area (Å²) in [6, 6.07) is 12.5. The normalized spacial score (nSPS) is 14.6. The highest BCUT2D eigenvalue weighted by Gasteiger charge is 2.15. The fourth-order valence-corrected chi connectivity index (χ4v) is 3.91. The number of nitrogens with one attached hydrogen (secondary N) is 1. The number of rotatable bonds is 3. The van der Waals surface area contributed by atoms with Crippen LogP contribution in [0.2, 0.25) is 10.0 Å². The Labute approximate surface area is 150 Å². The summed E-state index contributed by atoms with van der Waals surface area (Å²) in [5, 5.41) is 3.99. The third-order valence-corrected chi connectivity index (χ3v) is 5.15. The number of hydrogen-bond acceptors (Lipinski definition) is 3. The first kappa shape index (κ1) is 16.5. The maximum absolute atomic E-state index is 12.5. The zero-order valence-electron chi connectivity index (χ0n) is 12.4. The molecule has 1 fully saturated rings. The molecule has 0 aliphatic carbocycles. The van der Waals surface area contributed by atoms with Gasteiger partial charge in [-0.05, 0) is 61.2 Å². The Kier molecular flexibility index (Phi) is 5.36. The largest absolute Gasteiger partial charge is 0.322 e. The van der Waals surface area contributed by atoms with Crippen molar-refractivity contribution >= 4 is 52.4 Å². The molecule has 0 saturated carbocycles. The van der Waals surface area contributed by atoms with Gasteiger partial charge in [-0.3, -0.25) is 4.79 Å². The molecule has 0 radical (unpaired) electrons. The van der Waals surface area contributed by atoms with Gasteiger partial charge in [0.2, 0.25) is 0 Å². The molecule has 0 spiro atoms. The van der Waals surface area contributed by atoms with Crippen LogP contribution in [0.15, 0.2) is 42.5 Å². The summed E-state index contributed by atoms with van der Waals surface area (Å²) in [7, 11) is 0. The molecule has 0 unspecified atom stereocenters. The molecule has 2 aromatic rings. The van der Waals surface area contributed by atoms with Crippen molar-refractivity contribution in [3.8, 4) is 0 Å². The number of nitrogens with zero attached hydrogens (tertiary/aromatic N) is 1. The van der Waals surface area contributed by atoms with Crippen molar-refractivity contribution in [1.29, 1.82) is 0 Å². The van der Waals surface area contributed by atoms with Gasteiger partial charge in [0.1, 0.15) is 0 Å². The van der Waals surface area contributed by atoms with E-state index < -0.39 is 0 Å². The molecule has 120 valence electrons. The van der Waals surface area contributed by atoms with Gasteiger partial charge in [-0.2, -0.15) is 0 Å². The molecule has 0 atom stereocenters. The van der Waals surface area contributed by atoms with E-state index in [1.54, 1.807) is 42.3 Å². The Morgan fingerprint density at radius 2 is 1.96 bits per heavy atom. The fraction of sp³-hybridized carbons (Fsp3) is 0.235. The number of hydrogen-bond donors (Lipinski definition) is 1. The molecule has 0 aromatic heterocycles. The first-order valence-electron chi connectivity index (χ1n) is 7.40. The second-order valence-electron chi connectivity index (χ2n) is 5.31. The van der Waals surface area contributed by atoms with Crippen LogP contribution in [0, 0.1) is 0 Å². The van der Waals surface area contributed by atoms with E-state index in [4.69, 9.17) is 23.2 Å². The van der Waals surface area contributed by atoms with E-state index in [-0.39, 0.29) is 5.91 Å². The minimum atomic E-state index is -0.196. The van der Waals surface area contributed by atoms with Gasteiger partial charge >= 0.3 is 0 Å². The highest BCUT2D eigenvalue weighted by molar-refractivity contribution is 8.00. The third-order valence-electron chi connectivity index (χ3n) is 3.52. The van der Waals surface area contributed by atoms with Gasteiger partial charge in [-0.1, -0.05) is 29.3 Å². The van der Waals surface area contributed by atoms with Crippen molar-refractivity contribution in [2.75, 3.05) is 21.9 Å². The molecule has 3 nitrogen and oxygen atoms in total. The van der Waals surface area contributed by atoms with Crippen molar-refractivity contribution < 1.29 is 4.79 Å². The molecule has 1 aliphatic rings. The third kappa shape index (κ3) is 4.34. The summed E-state index contributed by atoms with van der Waals surface area (Å²) in [6.45, 7) is 0.973. The standard InChI is InChI=1S/C17H16Cl2N2OS/c18-13-4-3-5-15(10-13)20-17(22)12-8-14(19)11-16(9-12)21-6-1-2-7-23-21/h3-5,8-11H,1-2,6-7H2,(H,20,22). The highest BCUT2D eigenvalue weighted by atomic mass is 35.5. The van der Waals surface area contributed by atoms with Crippen LogP contribution < -0.4 is 9.62 Å². The highest BCUT2D eigenvalue weighted by Crippen LogP contribution is 2.31. The van der Waals surface area contributed by atoms with Gasteiger partial charge < -0.3 is 9.62 Å². The monoisotopic (exact) mass is 366 g/mol. The van der Waals surface area contributed by atoms with Crippen LogP contribution in [0.3, 0.4) is 0 Å². The molecule has 0 bridgehead atoms. The maximum atomic E-state index is 12.5. The lowest BCUT2D eigenvalue weighted by Crippen LogP contribution is -2.21. The van der Waals surface area contributed by atoms with E-state index in [0.29, 0.717) is 21.3 Å². The molecule has 23 heavy (non-hydrogen) atoms. The molecule has 2 aromatic carbocycles. The van der Waals surface area contributed by atoms with Crippen LogP contribution in [0.1, 0.15) is 23.2 Å². The van der Waals surface area contributed by atoms with Crippen molar-refractivity contribution in [2.45, 2.75) is 12.8 Å². The van der Waals surface area contributed by atoms with Crippen molar-refractivity contribution in [3.05, 3.63) is 58.1 Å². The van der Waals surface area contributed by atoms with Crippen LogP contribution in [0.5, 0.6) is 0 Å². The number of halogens is 2. The average Bonchev–Trinajstić information content (AvgIpc) is 2.55. The minimum Gasteiger partial charge on any atom is -0.322 e. The second-order valence-corrected chi connectivity index (χ2v) is 7.29. The van der Waals surface area contributed by atoms with Gasteiger partial charge in [-0.25, -0.2) is 0 Å². The van der Waals surface area contributed by atoms with E-state index in [1.807, 2.05) is 12.1 Å². The smallest absolute Gasteiger partial charge is 0.255 e. The minimum absolute atomic E-state index is 0.196. The van der Waals surface area contributed by atoms with Crippen LogP contribution in [0.4, 0.5) is 11.4 Å². The number of carbonyl (C=O) groups excluding carboxylic acids is 1. The lowest BCUT2D eigenvalue weighted by Gasteiger charge is -2.27. The second kappa shape index (κ2) is 7.47. The Balaban J connectivity index is 1.81. The van der Waals surface area contributed by atoms with Crippen LogP contribution >= 0.6 is 35.1 Å².